The molecule has 4 nitrogen and oxygen atoms in total. The summed E-state index contributed by atoms with van der Waals surface area (Å²) in [6.07, 6.45) is 4.09. The van der Waals surface area contributed by atoms with Gasteiger partial charge in [0.1, 0.15) is 0 Å². The number of hydrogen-bond acceptors (Lipinski definition) is 2. The van der Waals surface area contributed by atoms with Gasteiger partial charge < -0.3 is 9.67 Å². The van der Waals surface area contributed by atoms with E-state index in [-0.39, 0.29) is 0 Å². The first-order chi connectivity index (χ1) is 12.0. The third kappa shape index (κ3) is 2.98. The second-order valence-electron chi connectivity index (χ2n) is 7.14. The largest absolute Gasteiger partial charge is 0.389 e. The summed E-state index contributed by atoms with van der Waals surface area (Å²) in [6.45, 7) is 5.05. The first-order valence-electron chi connectivity index (χ1n) is 9.02. The van der Waals surface area contributed by atoms with Gasteiger partial charge in [-0.15, -0.1) is 0 Å². The smallest absolute Gasteiger partial charge is 0.0914 e. The maximum atomic E-state index is 10.7. The number of aromatic nitrogens is 3. The van der Waals surface area contributed by atoms with E-state index in [1.807, 2.05) is 36.7 Å². The zero-order valence-electron chi connectivity index (χ0n) is 14.8. The molecule has 1 aromatic carbocycles. The number of hydrogen-bond donors (Lipinski definition) is 1. The van der Waals surface area contributed by atoms with E-state index in [0.29, 0.717) is 13.1 Å². The lowest BCUT2D eigenvalue weighted by Gasteiger charge is -2.19. The van der Waals surface area contributed by atoms with Crippen LogP contribution >= 0.6 is 11.6 Å². The molecule has 2 aromatic heterocycles. The molecule has 1 aliphatic carbocycles. The van der Waals surface area contributed by atoms with Crippen LogP contribution in [-0.2, 0) is 25.9 Å². The van der Waals surface area contributed by atoms with Crippen molar-refractivity contribution < 1.29 is 5.11 Å². The lowest BCUT2D eigenvalue weighted by molar-refractivity contribution is 0.129. The summed E-state index contributed by atoms with van der Waals surface area (Å²) < 4.78 is 4.14. The molecule has 0 aliphatic heterocycles. The highest BCUT2D eigenvalue weighted by molar-refractivity contribution is 6.35. The highest BCUT2D eigenvalue weighted by atomic mass is 35.5. The van der Waals surface area contributed by atoms with Gasteiger partial charge in [0.15, 0.2) is 0 Å². The fraction of sp³-hybridized carbons (Fsp3) is 0.450. The Morgan fingerprint density at radius 2 is 2.00 bits per heavy atom. The van der Waals surface area contributed by atoms with Crippen molar-refractivity contribution in [1.29, 1.82) is 0 Å². The lowest BCUT2D eigenvalue weighted by atomic mass is 9.95. The summed E-state index contributed by atoms with van der Waals surface area (Å²) in [5, 5.41) is 17.2. The van der Waals surface area contributed by atoms with Crippen LogP contribution in [0.5, 0.6) is 0 Å². The molecule has 4 rings (SSSR count). The molecule has 0 saturated heterocycles. The topological polar surface area (TPSA) is 43.0 Å². The SMILES string of the molecule is Cc1cc(C)n(CC(O)Cn2c3c(c4cccc(Cl)c42)CCCC3)n1. The zero-order valence-corrected chi connectivity index (χ0v) is 15.6. The molecule has 0 radical (unpaired) electrons. The molecule has 3 aromatic rings. The predicted octanol–water partition coefficient (Wildman–Crippen LogP) is 4.05. The van der Waals surface area contributed by atoms with Crippen LogP contribution in [0.4, 0.5) is 0 Å². The van der Waals surface area contributed by atoms with Crippen LogP contribution in [0.15, 0.2) is 24.3 Å². The summed E-state index contributed by atoms with van der Waals surface area (Å²) in [7, 11) is 0. The van der Waals surface area contributed by atoms with Gasteiger partial charge in [0.25, 0.3) is 0 Å². The minimum atomic E-state index is -0.504. The first-order valence-corrected chi connectivity index (χ1v) is 9.40. The van der Waals surface area contributed by atoms with Crippen molar-refractivity contribution in [2.75, 3.05) is 0 Å². The van der Waals surface area contributed by atoms with Crippen LogP contribution in [0.1, 0.15) is 35.5 Å². The standard InChI is InChI=1S/C20H24ClN3O/c1-13-10-14(2)24(22-13)12-15(25)11-23-19-9-4-3-6-16(19)17-7-5-8-18(21)20(17)23/h5,7-8,10,15,25H,3-4,6,9,11-12H2,1-2H3. The van der Waals surface area contributed by atoms with E-state index < -0.39 is 6.10 Å². The molecule has 1 N–H and O–H groups in total. The average molecular weight is 358 g/mol. The molecule has 1 aliphatic rings. The van der Waals surface area contributed by atoms with Crippen LogP contribution < -0.4 is 0 Å². The molecular weight excluding hydrogens is 334 g/mol. The molecule has 0 amide bonds. The maximum absolute atomic E-state index is 10.7. The minimum absolute atomic E-state index is 0.499. The lowest BCUT2D eigenvalue weighted by Crippen LogP contribution is -2.24. The van der Waals surface area contributed by atoms with Gasteiger partial charge in [-0.3, -0.25) is 4.68 Å². The van der Waals surface area contributed by atoms with E-state index in [1.165, 1.54) is 29.5 Å². The van der Waals surface area contributed by atoms with Crippen molar-refractivity contribution in [3.05, 3.63) is 51.9 Å². The average Bonchev–Trinajstić information content (AvgIpc) is 3.06. The van der Waals surface area contributed by atoms with E-state index in [1.54, 1.807) is 0 Å². The van der Waals surface area contributed by atoms with Gasteiger partial charge >= 0.3 is 0 Å². The van der Waals surface area contributed by atoms with Crippen molar-refractivity contribution in [3.8, 4) is 0 Å². The van der Waals surface area contributed by atoms with Crippen LogP contribution in [0.3, 0.4) is 0 Å². The quantitative estimate of drug-likeness (QED) is 0.765. The van der Waals surface area contributed by atoms with Gasteiger partial charge in [0, 0.05) is 16.8 Å². The summed E-state index contributed by atoms with van der Waals surface area (Å²) in [4.78, 5) is 0. The van der Waals surface area contributed by atoms with Crippen LogP contribution in [0.25, 0.3) is 10.9 Å². The highest BCUT2D eigenvalue weighted by Crippen LogP contribution is 2.35. The van der Waals surface area contributed by atoms with Gasteiger partial charge in [-0.1, -0.05) is 23.7 Å². The number of aliphatic hydroxyl groups is 1. The van der Waals surface area contributed by atoms with Crippen molar-refractivity contribution in [3.63, 3.8) is 0 Å². The molecule has 1 atom stereocenters. The normalized spacial score (nSPS) is 15.5. The Bertz CT molecular complexity index is 925. The summed E-state index contributed by atoms with van der Waals surface area (Å²) in [5.41, 5.74) is 5.90. The van der Waals surface area contributed by atoms with Gasteiger partial charge in [-0.05, 0) is 57.2 Å². The number of nitrogens with zero attached hydrogens (tertiary/aromatic N) is 3. The number of aliphatic hydroxyl groups excluding tert-OH is 1. The molecule has 0 spiro atoms. The van der Waals surface area contributed by atoms with Crippen molar-refractivity contribution >= 4 is 22.5 Å². The number of fused-ring (bicyclic) bond motifs is 3. The molecule has 132 valence electrons. The zero-order chi connectivity index (χ0) is 17.6. The Labute approximate surface area is 153 Å². The molecule has 0 saturated carbocycles. The third-order valence-corrected chi connectivity index (χ3v) is 5.53. The van der Waals surface area contributed by atoms with Crippen LogP contribution in [0.2, 0.25) is 5.02 Å². The summed E-state index contributed by atoms with van der Waals surface area (Å²) in [6, 6.07) is 8.17. The Morgan fingerprint density at radius 1 is 1.20 bits per heavy atom. The fourth-order valence-electron chi connectivity index (χ4n) is 4.17. The maximum Gasteiger partial charge on any atom is 0.0914 e. The predicted molar refractivity (Wildman–Crippen MR) is 101 cm³/mol. The first kappa shape index (κ1) is 16.7. The molecular formula is C20H24ClN3O. The van der Waals surface area contributed by atoms with Crippen LogP contribution in [-0.4, -0.2) is 25.6 Å². The third-order valence-electron chi connectivity index (χ3n) is 5.23. The molecule has 0 fully saturated rings. The van der Waals surface area contributed by atoms with E-state index >= 15 is 0 Å². The Morgan fingerprint density at radius 3 is 2.76 bits per heavy atom. The fourth-order valence-corrected chi connectivity index (χ4v) is 4.45. The Hall–Kier alpha value is -1.78. The van der Waals surface area contributed by atoms with E-state index in [2.05, 4.69) is 15.7 Å². The second kappa shape index (κ2) is 6.50. The van der Waals surface area contributed by atoms with Crippen molar-refractivity contribution in [1.82, 2.24) is 14.3 Å². The Kier molecular flexibility index (Phi) is 4.34. The van der Waals surface area contributed by atoms with Crippen molar-refractivity contribution in [2.24, 2.45) is 0 Å². The second-order valence-corrected chi connectivity index (χ2v) is 7.55. The summed E-state index contributed by atoms with van der Waals surface area (Å²) >= 11 is 6.53. The number of benzene rings is 1. The van der Waals surface area contributed by atoms with Gasteiger partial charge in [0.2, 0.25) is 0 Å². The minimum Gasteiger partial charge on any atom is -0.389 e. The Balaban J connectivity index is 1.70. The van der Waals surface area contributed by atoms with Crippen LogP contribution in [0, 0.1) is 13.8 Å². The summed E-state index contributed by atoms with van der Waals surface area (Å²) in [5.74, 6) is 0. The molecule has 2 heterocycles. The monoisotopic (exact) mass is 357 g/mol. The van der Waals surface area contributed by atoms with Gasteiger partial charge in [-0.25, -0.2) is 0 Å². The van der Waals surface area contributed by atoms with Gasteiger partial charge in [-0.2, -0.15) is 5.10 Å². The number of rotatable bonds is 4. The van der Waals surface area contributed by atoms with Gasteiger partial charge in [0.05, 0.1) is 35.4 Å². The molecule has 1 unspecified atom stereocenters. The van der Waals surface area contributed by atoms with E-state index in [0.717, 1.165) is 34.8 Å². The highest BCUT2D eigenvalue weighted by Gasteiger charge is 2.23. The number of aryl methyl sites for hydroxylation is 3. The molecule has 0 bridgehead atoms. The molecule has 25 heavy (non-hydrogen) atoms. The number of para-hydroxylation sites is 1. The molecule has 5 heteroatoms. The van der Waals surface area contributed by atoms with E-state index in [9.17, 15) is 5.11 Å². The van der Waals surface area contributed by atoms with Crippen molar-refractivity contribution in [2.45, 2.75) is 58.7 Å². The number of halogens is 1. The van der Waals surface area contributed by atoms with E-state index in [4.69, 9.17) is 11.6 Å².